The van der Waals surface area contributed by atoms with Gasteiger partial charge in [-0.2, -0.15) is 0 Å². The van der Waals surface area contributed by atoms with Gasteiger partial charge in [-0.15, -0.1) is 0 Å². The van der Waals surface area contributed by atoms with Gasteiger partial charge >= 0.3 is 0 Å². The number of hydrogen-bond acceptors (Lipinski definition) is 1. The maximum absolute atomic E-state index is 5.97. The molecule has 0 saturated heterocycles. The topological polar surface area (TPSA) is 9.23 Å². The fraction of sp³-hybridized carbons (Fsp3) is 0.0769. The van der Waals surface area contributed by atoms with E-state index in [4.69, 9.17) is 39.5 Å². The van der Waals surface area contributed by atoms with Gasteiger partial charge in [0.05, 0.1) is 12.1 Å². The summed E-state index contributed by atoms with van der Waals surface area (Å²) < 4.78 is 5.17. The fourth-order valence-corrected chi connectivity index (χ4v) is 2.28. The second-order valence-corrected chi connectivity index (χ2v) is 4.79. The highest BCUT2D eigenvalue weighted by Crippen LogP contribution is 2.32. The Bertz CT molecular complexity index is 532. The van der Waals surface area contributed by atoms with Gasteiger partial charge in [-0.1, -0.05) is 40.9 Å². The van der Waals surface area contributed by atoms with Crippen LogP contribution in [0.4, 0.5) is 0 Å². The average Bonchev–Trinajstić information content (AvgIpc) is 2.28. The van der Waals surface area contributed by atoms with E-state index in [0.717, 1.165) is 11.1 Å². The Hall–Kier alpha value is -0.890. The van der Waals surface area contributed by atoms with E-state index in [1.807, 2.05) is 24.3 Å². The lowest BCUT2D eigenvalue weighted by Gasteiger charge is -2.07. The summed E-state index contributed by atoms with van der Waals surface area (Å²) in [4.78, 5) is 0. The highest BCUT2D eigenvalue weighted by atomic mass is 35.5. The molecule has 2 aromatic carbocycles. The van der Waals surface area contributed by atoms with Gasteiger partial charge in [-0.3, -0.25) is 0 Å². The molecule has 0 aliphatic carbocycles. The molecule has 88 valence electrons. The minimum Gasteiger partial charge on any atom is -0.495 e. The van der Waals surface area contributed by atoms with Crippen LogP contribution < -0.4 is 4.74 Å². The summed E-state index contributed by atoms with van der Waals surface area (Å²) in [7, 11) is 1.58. The van der Waals surface area contributed by atoms with Crippen molar-refractivity contribution < 1.29 is 4.74 Å². The first-order chi connectivity index (χ1) is 8.10. The van der Waals surface area contributed by atoms with Crippen LogP contribution in [0, 0.1) is 0 Å². The van der Waals surface area contributed by atoms with Crippen LogP contribution in [0.25, 0.3) is 11.1 Å². The molecule has 0 aromatic heterocycles. The molecule has 0 saturated carbocycles. The van der Waals surface area contributed by atoms with E-state index in [0.29, 0.717) is 20.8 Å². The highest BCUT2D eigenvalue weighted by Gasteiger charge is 2.05. The van der Waals surface area contributed by atoms with Crippen molar-refractivity contribution in [1.29, 1.82) is 0 Å². The lowest BCUT2D eigenvalue weighted by Crippen LogP contribution is -1.85. The van der Waals surface area contributed by atoms with Gasteiger partial charge in [0, 0.05) is 10.0 Å². The lowest BCUT2D eigenvalue weighted by molar-refractivity contribution is 0.415. The zero-order valence-corrected chi connectivity index (χ0v) is 11.3. The van der Waals surface area contributed by atoms with Crippen LogP contribution in [0.3, 0.4) is 0 Å². The minimum absolute atomic E-state index is 0.573. The third-order valence-corrected chi connectivity index (χ3v) is 3.10. The van der Waals surface area contributed by atoms with Crippen molar-refractivity contribution in [3.8, 4) is 16.9 Å². The van der Waals surface area contributed by atoms with E-state index in [2.05, 4.69) is 0 Å². The zero-order valence-electron chi connectivity index (χ0n) is 9.01. The summed E-state index contributed by atoms with van der Waals surface area (Å²) in [6, 6.07) is 10.9. The van der Waals surface area contributed by atoms with Crippen LogP contribution in [-0.2, 0) is 0 Å². The van der Waals surface area contributed by atoms with Crippen molar-refractivity contribution in [2.75, 3.05) is 7.11 Å². The number of halogens is 3. The van der Waals surface area contributed by atoms with Crippen LogP contribution in [0.1, 0.15) is 0 Å². The van der Waals surface area contributed by atoms with Crippen LogP contribution >= 0.6 is 34.8 Å². The predicted octanol–water partition coefficient (Wildman–Crippen LogP) is 5.32. The Morgan fingerprint density at radius 1 is 0.824 bits per heavy atom. The van der Waals surface area contributed by atoms with E-state index in [1.54, 1.807) is 19.2 Å². The van der Waals surface area contributed by atoms with Crippen molar-refractivity contribution in [2.45, 2.75) is 0 Å². The maximum Gasteiger partial charge on any atom is 0.138 e. The Kier molecular flexibility index (Phi) is 3.82. The van der Waals surface area contributed by atoms with E-state index < -0.39 is 0 Å². The monoisotopic (exact) mass is 286 g/mol. The summed E-state index contributed by atoms with van der Waals surface area (Å²) in [5.41, 5.74) is 1.88. The molecule has 0 heterocycles. The summed E-state index contributed by atoms with van der Waals surface area (Å²) in [6.45, 7) is 0. The fourth-order valence-electron chi connectivity index (χ4n) is 1.56. The van der Waals surface area contributed by atoms with Gasteiger partial charge in [-0.25, -0.2) is 0 Å². The number of benzene rings is 2. The number of methoxy groups -OCH3 is 1. The molecule has 0 fully saturated rings. The standard InChI is InChI=1S/C13H9Cl3O/c1-17-13-6-8(2-3-12(13)16)9-4-10(14)7-11(15)5-9/h2-7H,1H3. The lowest BCUT2D eigenvalue weighted by atomic mass is 10.1. The molecule has 1 nitrogen and oxygen atoms in total. The average molecular weight is 288 g/mol. The van der Waals surface area contributed by atoms with Gasteiger partial charge < -0.3 is 4.74 Å². The smallest absolute Gasteiger partial charge is 0.138 e. The van der Waals surface area contributed by atoms with Crippen molar-refractivity contribution >= 4 is 34.8 Å². The molecule has 0 unspecified atom stereocenters. The molecular weight excluding hydrogens is 279 g/mol. The van der Waals surface area contributed by atoms with Crippen LogP contribution in [0.15, 0.2) is 36.4 Å². The molecule has 0 aliphatic rings. The Balaban J connectivity index is 2.52. The number of ether oxygens (including phenoxy) is 1. The zero-order chi connectivity index (χ0) is 12.4. The first kappa shape index (κ1) is 12.6. The SMILES string of the molecule is COc1cc(-c2cc(Cl)cc(Cl)c2)ccc1Cl. The Morgan fingerprint density at radius 2 is 1.47 bits per heavy atom. The number of hydrogen-bond donors (Lipinski definition) is 0. The molecule has 2 aromatic rings. The van der Waals surface area contributed by atoms with E-state index in [1.165, 1.54) is 0 Å². The Morgan fingerprint density at radius 3 is 2.06 bits per heavy atom. The van der Waals surface area contributed by atoms with Crippen LogP contribution in [-0.4, -0.2) is 7.11 Å². The molecular formula is C13H9Cl3O. The normalized spacial score (nSPS) is 10.4. The molecule has 4 heteroatoms. The first-order valence-corrected chi connectivity index (χ1v) is 6.03. The first-order valence-electron chi connectivity index (χ1n) is 4.90. The van der Waals surface area contributed by atoms with Crippen molar-refractivity contribution in [3.63, 3.8) is 0 Å². The molecule has 2 rings (SSSR count). The Labute approximate surface area is 115 Å². The summed E-state index contributed by atoms with van der Waals surface area (Å²) in [5, 5.41) is 1.77. The van der Waals surface area contributed by atoms with Crippen LogP contribution in [0.2, 0.25) is 15.1 Å². The van der Waals surface area contributed by atoms with Gasteiger partial charge in [0.15, 0.2) is 0 Å². The molecule has 0 N–H and O–H groups in total. The van der Waals surface area contributed by atoms with Crippen molar-refractivity contribution in [2.24, 2.45) is 0 Å². The predicted molar refractivity (Wildman–Crippen MR) is 73.5 cm³/mol. The third-order valence-electron chi connectivity index (χ3n) is 2.35. The van der Waals surface area contributed by atoms with Gasteiger partial charge in [-0.05, 0) is 41.5 Å². The summed E-state index contributed by atoms with van der Waals surface area (Å²) in [5.74, 6) is 0.625. The minimum atomic E-state index is 0.573. The second-order valence-electron chi connectivity index (χ2n) is 3.51. The van der Waals surface area contributed by atoms with Gasteiger partial charge in [0.25, 0.3) is 0 Å². The molecule has 0 bridgehead atoms. The van der Waals surface area contributed by atoms with Crippen molar-refractivity contribution in [3.05, 3.63) is 51.5 Å². The summed E-state index contributed by atoms with van der Waals surface area (Å²) >= 11 is 17.9. The molecule has 17 heavy (non-hydrogen) atoms. The van der Waals surface area contributed by atoms with Crippen molar-refractivity contribution in [1.82, 2.24) is 0 Å². The summed E-state index contributed by atoms with van der Waals surface area (Å²) in [6.07, 6.45) is 0. The molecule has 0 spiro atoms. The van der Waals surface area contributed by atoms with E-state index in [9.17, 15) is 0 Å². The van der Waals surface area contributed by atoms with Gasteiger partial charge in [0.2, 0.25) is 0 Å². The highest BCUT2D eigenvalue weighted by molar-refractivity contribution is 6.35. The van der Waals surface area contributed by atoms with Gasteiger partial charge in [0.1, 0.15) is 5.75 Å². The molecule has 0 atom stereocenters. The maximum atomic E-state index is 5.97. The van der Waals surface area contributed by atoms with E-state index >= 15 is 0 Å². The number of rotatable bonds is 2. The second kappa shape index (κ2) is 5.18. The quantitative estimate of drug-likeness (QED) is 0.726. The third kappa shape index (κ3) is 2.86. The van der Waals surface area contributed by atoms with E-state index in [-0.39, 0.29) is 0 Å². The molecule has 0 radical (unpaired) electrons. The molecule has 0 amide bonds. The largest absolute Gasteiger partial charge is 0.495 e. The molecule has 0 aliphatic heterocycles. The van der Waals surface area contributed by atoms with Crippen LogP contribution in [0.5, 0.6) is 5.75 Å².